The number of halogens is 1. The van der Waals surface area contributed by atoms with E-state index in [1.54, 1.807) is 0 Å². The van der Waals surface area contributed by atoms with Crippen LogP contribution in [-0.4, -0.2) is 17.0 Å². The van der Waals surface area contributed by atoms with Crippen LogP contribution < -0.4 is 0 Å². The number of carbonyl (C=O) groups is 1. The van der Waals surface area contributed by atoms with E-state index in [9.17, 15) is 4.79 Å². The molecular weight excluding hydrogens is 267 g/mol. The molecule has 0 N–H and O–H groups in total. The van der Waals surface area contributed by atoms with Crippen molar-refractivity contribution < 1.29 is 9.53 Å². The van der Waals surface area contributed by atoms with Gasteiger partial charge in [-0.25, -0.2) is 0 Å². The van der Waals surface area contributed by atoms with Gasteiger partial charge in [-0.1, -0.05) is 48.8 Å². The highest BCUT2D eigenvalue weighted by Gasteiger charge is 2.00. The molecule has 3 heteroatoms. The lowest BCUT2D eigenvalue weighted by molar-refractivity contribution is -0.143. The Morgan fingerprint density at radius 2 is 2.08 bits per heavy atom. The monoisotopic (exact) mass is 284 g/mol. The summed E-state index contributed by atoms with van der Waals surface area (Å²) >= 11 is 2.19. The predicted molar refractivity (Wildman–Crippen MR) is 58.6 cm³/mol. The van der Waals surface area contributed by atoms with Gasteiger partial charge >= 0.3 is 5.97 Å². The Morgan fingerprint density at radius 1 is 1.33 bits per heavy atom. The maximum atomic E-state index is 10.9. The molecule has 2 nitrogen and oxygen atoms in total. The van der Waals surface area contributed by atoms with Crippen molar-refractivity contribution in [3.63, 3.8) is 0 Å². The van der Waals surface area contributed by atoms with Crippen LogP contribution in [0.5, 0.6) is 0 Å². The summed E-state index contributed by atoms with van der Waals surface area (Å²) in [6.07, 6.45) is 5.16. The fraction of sp³-hybridized carbons (Fsp3) is 0.889. The number of rotatable bonds is 7. The van der Waals surface area contributed by atoms with Crippen LogP contribution in [0.4, 0.5) is 0 Å². The van der Waals surface area contributed by atoms with Crippen molar-refractivity contribution in [1.82, 2.24) is 0 Å². The van der Waals surface area contributed by atoms with Gasteiger partial charge in [-0.15, -0.1) is 0 Å². The molecule has 0 aliphatic rings. The molecule has 0 aromatic carbocycles. The molecule has 0 heterocycles. The number of carbonyl (C=O) groups excluding carboxylic acids is 1. The molecule has 0 saturated carbocycles. The van der Waals surface area contributed by atoms with Crippen molar-refractivity contribution in [1.29, 1.82) is 0 Å². The van der Waals surface area contributed by atoms with Crippen molar-refractivity contribution in [3.8, 4) is 0 Å². The molecule has 0 atom stereocenters. The molecule has 0 aliphatic heterocycles. The Bertz CT molecular complexity index is 115. The fourth-order valence-corrected chi connectivity index (χ4v) is 1.14. The van der Waals surface area contributed by atoms with Gasteiger partial charge in [0.15, 0.2) is 0 Å². The number of esters is 1. The van der Waals surface area contributed by atoms with Crippen LogP contribution in [0, 0.1) is 0 Å². The Kier molecular flexibility index (Phi) is 9.44. The van der Waals surface area contributed by atoms with E-state index in [0.717, 1.165) is 17.3 Å². The Morgan fingerprint density at radius 3 is 2.67 bits per heavy atom. The first-order chi connectivity index (χ1) is 5.81. The normalized spacial score (nSPS) is 9.83. The third kappa shape index (κ3) is 8.30. The summed E-state index contributed by atoms with van der Waals surface area (Å²) in [6, 6.07) is 0. The minimum Gasteiger partial charge on any atom is -0.465 e. The molecule has 0 aromatic heterocycles. The van der Waals surface area contributed by atoms with E-state index in [4.69, 9.17) is 4.74 Å². The first-order valence-corrected chi connectivity index (χ1v) is 6.05. The van der Waals surface area contributed by atoms with Gasteiger partial charge in [0.2, 0.25) is 0 Å². The van der Waals surface area contributed by atoms with E-state index in [0.29, 0.717) is 13.0 Å². The molecule has 12 heavy (non-hydrogen) atoms. The standard InChI is InChI=1S/C9H17IO2/c1-2-3-4-5-6-9(11)12-8-7-10/h2-8H2,1H3. The number of hydrogen-bond donors (Lipinski definition) is 0. The van der Waals surface area contributed by atoms with Gasteiger partial charge < -0.3 is 4.74 Å². The fourth-order valence-electron chi connectivity index (χ4n) is 0.921. The second kappa shape index (κ2) is 9.29. The van der Waals surface area contributed by atoms with Crippen LogP contribution in [0.3, 0.4) is 0 Å². The number of unbranched alkanes of at least 4 members (excludes halogenated alkanes) is 3. The highest BCUT2D eigenvalue weighted by molar-refractivity contribution is 14.1. The molecule has 0 fully saturated rings. The van der Waals surface area contributed by atoms with E-state index in [1.165, 1.54) is 12.8 Å². The molecule has 0 aromatic rings. The van der Waals surface area contributed by atoms with Crippen molar-refractivity contribution in [2.45, 2.75) is 39.0 Å². The number of alkyl halides is 1. The summed E-state index contributed by atoms with van der Waals surface area (Å²) in [5.41, 5.74) is 0. The summed E-state index contributed by atoms with van der Waals surface area (Å²) in [7, 11) is 0. The van der Waals surface area contributed by atoms with Crippen LogP contribution in [-0.2, 0) is 9.53 Å². The minimum absolute atomic E-state index is 0.0391. The maximum absolute atomic E-state index is 10.9. The lowest BCUT2D eigenvalue weighted by Gasteiger charge is -2.01. The summed E-state index contributed by atoms with van der Waals surface area (Å²) < 4.78 is 5.81. The van der Waals surface area contributed by atoms with Crippen molar-refractivity contribution in [2.24, 2.45) is 0 Å². The first kappa shape index (κ1) is 12.2. The quantitative estimate of drug-likeness (QED) is 0.311. The molecule has 0 aliphatic carbocycles. The van der Waals surface area contributed by atoms with E-state index < -0.39 is 0 Å². The number of ether oxygens (including phenoxy) is 1. The molecule has 0 bridgehead atoms. The Labute approximate surface area is 88.2 Å². The predicted octanol–water partition coefficient (Wildman–Crippen LogP) is 2.94. The lowest BCUT2D eigenvalue weighted by Crippen LogP contribution is -2.05. The first-order valence-electron chi connectivity index (χ1n) is 4.52. The zero-order valence-electron chi connectivity index (χ0n) is 7.64. The molecule has 0 unspecified atom stereocenters. The second-order valence-corrected chi connectivity index (χ2v) is 3.80. The zero-order valence-corrected chi connectivity index (χ0v) is 9.80. The summed E-state index contributed by atoms with van der Waals surface area (Å²) in [5, 5.41) is 0. The van der Waals surface area contributed by atoms with Gasteiger partial charge in [-0.05, 0) is 6.42 Å². The topological polar surface area (TPSA) is 26.3 Å². The average Bonchev–Trinajstić information content (AvgIpc) is 2.09. The van der Waals surface area contributed by atoms with Gasteiger partial charge in [0.25, 0.3) is 0 Å². The SMILES string of the molecule is CCCCCCC(=O)OCCI. The summed E-state index contributed by atoms with van der Waals surface area (Å²) in [4.78, 5) is 10.9. The maximum Gasteiger partial charge on any atom is 0.305 e. The van der Waals surface area contributed by atoms with Crippen LogP contribution in [0.15, 0.2) is 0 Å². The van der Waals surface area contributed by atoms with Gasteiger partial charge in [0, 0.05) is 10.8 Å². The largest absolute Gasteiger partial charge is 0.465 e. The third-order valence-corrected chi connectivity index (χ3v) is 2.02. The Hall–Kier alpha value is 0.200. The zero-order chi connectivity index (χ0) is 9.23. The molecule has 0 saturated heterocycles. The van der Waals surface area contributed by atoms with E-state index in [-0.39, 0.29) is 5.97 Å². The van der Waals surface area contributed by atoms with E-state index in [2.05, 4.69) is 29.5 Å². The summed E-state index contributed by atoms with van der Waals surface area (Å²) in [6.45, 7) is 2.72. The molecule has 0 amide bonds. The minimum atomic E-state index is -0.0391. The molecule has 0 spiro atoms. The van der Waals surface area contributed by atoms with Crippen molar-refractivity contribution >= 4 is 28.6 Å². The van der Waals surface area contributed by atoms with Crippen LogP contribution >= 0.6 is 22.6 Å². The van der Waals surface area contributed by atoms with Gasteiger partial charge in [0.05, 0.1) is 0 Å². The Balaban J connectivity index is 3.08. The molecule has 0 rings (SSSR count). The van der Waals surface area contributed by atoms with Crippen LogP contribution in [0.25, 0.3) is 0 Å². The van der Waals surface area contributed by atoms with Gasteiger partial charge in [0.1, 0.15) is 6.61 Å². The highest BCUT2D eigenvalue weighted by Crippen LogP contribution is 2.03. The summed E-state index contributed by atoms with van der Waals surface area (Å²) in [5.74, 6) is -0.0391. The molecular formula is C9H17IO2. The lowest BCUT2D eigenvalue weighted by atomic mass is 10.2. The number of hydrogen-bond acceptors (Lipinski definition) is 2. The van der Waals surface area contributed by atoms with Crippen molar-refractivity contribution in [2.75, 3.05) is 11.0 Å². The highest BCUT2D eigenvalue weighted by atomic mass is 127. The second-order valence-electron chi connectivity index (χ2n) is 2.72. The van der Waals surface area contributed by atoms with Gasteiger partial charge in [-0.3, -0.25) is 4.79 Å². The van der Waals surface area contributed by atoms with Crippen LogP contribution in [0.2, 0.25) is 0 Å². The molecule has 0 radical (unpaired) electrons. The average molecular weight is 284 g/mol. The van der Waals surface area contributed by atoms with Crippen LogP contribution in [0.1, 0.15) is 39.0 Å². The molecule has 72 valence electrons. The van der Waals surface area contributed by atoms with Crippen molar-refractivity contribution in [3.05, 3.63) is 0 Å². The smallest absolute Gasteiger partial charge is 0.305 e. The van der Waals surface area contributed by atoms with E-state index in [1.807, 2.05) is 0 Å². The third-order valence-electron chi connectivity index (χ3n) is 1.57. The van der Waals surface area contributed by atoms with Gasteiger partial charge in [-0.2, -0.15) is 0 Å². The van der Waals surface area contributed by atoms with E-state index >= 15 is 0 Å².